The maximum Gasteiger partial charge on any atom is 0.307 e. The minimum absolute atomic E-state index is 0.00195. The molecule has 0 aromatic heterocycles. The molecule has 3 saturated carbocycles. The van der Waals surface area contributed by atoms with E-state index >= 15 is 0 Å². The summed E-state index contributed by atoms with van der Waals surface area (Å²) < 4.78 is 6.35. The van der Waals surface area contributed by atoms with Gasteiger partial charge in [-0.3, -0.25) is 14.4 Å². The van der Waals surface area contributed by atoms with Crippen molar-refractivity contribution in [1.29, 1.82) is 0 Å². The van der Waals surface area contributed by atoms with E-state index in [-0.39, 0.29) is 40.2 Å². The first-order valence-electron chi connectivity index (χ1n) is 13.0. The summed E-state index contributed by atoms with van der Waals surface area (Å²) in [6.45, 7) is 8.21. The minimum atomic E-state index is -1.04. The number of Topliss-reactive ketones (excluding diaryl/α,β-unsaturated/α-hetero) is 1. The second kappa shape index (κ2) is 7.78. The highest BCUT2D eigenvalue weighted by atomic mass is 16.6. The van der Waals surface area contributed by atoms with Crippen LogP contribution >= 0.6 is 0 Å². The van der Waals surface area contributed by atoms with Gasteiger partial charge in [-0.05, 0) is 80.4 Å². The van der Waals surface area contributed by atoms with E-state index in [9.17, 15) is 14.4 Å². The van der Waals surface area contributed by atoms with Gasteiger partial charge in [-0.2, -0.15) is 0 Å². The van der Waals surface area contributed by atoms with Crippen molar-refractivity contribution in [3.05, 3.63) is 36.0 Å². The lowest BCUT2D eigenvalue weighted by molar-refractivity contribution is -0.193. The van der Waals surface area contributed by atoms with Crippen LogP contribution in [0.4, 0.5) is 0 Å². The highest BCUT2D eigenvalue weighted by molar-refractivity contribution is 6.01. The Hall–Kier alpha value is -1.97. The fourth-order valence-electron chi connectivity index (χ4n) is 8.69. The van der Waals surface area contributed by atoms with Crippen molar-refractivity contribution in [2.24, 2.45) is 40.4 Å². The molecule has 0 aromatic rings. The van der Waals surface area contributed by atoms with Crippen LogP contribution in [0.15, 0.2) is 36.0 Å². The molecule has 5 rings (SSSR count). The van der Waals surface area contributed by atoms with Crippen molar-refractivity contribution < 1.29 is 19.1 Å². The Kier molecular flexibility index (Phi) is 5.38. The number of allylic oxidation sites excluding steroid dienone is 6. The highest BCUT2D eigenvalue weighted by Crippen LogP contribution is 2.68. The third-order valence-electron chi connectivity index (χ3n) is 10.4. The maximum atomic E-state index is 13.3. The summed E-state index contributed by atoms with van der Waals surface area (Å²) in [7, 11) is 0. The standard InChI is InChI=1S/C29H38O4/c1-18-15-25-23-10-9-21-17-22(31)11-13-27(21,3)24(23)12-14-28(25,4)29(18,19(2)30)33-26(32)16-20-7-5-6-8-20/h9-11,13,17-18,20,23-25H,5-8,12,14-16H2,1-4H3/t18-,23+,24-,25-,27-,28-,29-/m0/s1. The Labute approximate surface area is 197 Å². The summed E-state index contributed by atoms with van der Waals surface area (Å²) in [6, 6.07) is 0. The number of rotatable bonds is 4. The van der Waals surface area contributed by atoms with E-state index in [0.717, 1.165) is 37.7 Å². The summed E-state index contributed by atoms with van der Waals surface area (Å²) in [5.74, 6) is 1.26. The molecular formula is C29H38O4. The van der Waals surface area contributed by atoms with E-state index in [1.165, 1.54) is 12.8 Å². The molecule has 0 unspecified atom stereocenters. The normalized spacial score (nSPS) is 44.1. The lowest BCUT2D eigenvalue weighted by Crippen LogP contribution is -2.59. The molecule has 7 atom stereocenters. The van der Waals surface area contributed by atoms with Crippen LogP contribution in [0.25, 0.3) is 0 Å². The molecule has 0 radical (unpaired) electrons. The predicted octanol–water partition coefficient (Wildman–Crippen LogP) is 5.77. The molecule has 5 aliphatic carbocycles. The predicted molar refractivity (Wildman–Crippen MR) is 127 cm³/mol. The molecule has 0 aromatic carbocycles. The number of fused-ring (bicyclic) bond motifs is 5. The minimum Gasteiger partial charge on any atom is -0.450 e. The lowest BCUT2D eigenvalue weighted by atomic mass is 9.48. The smallest absolute Gasteiger partial charge is 0.307 e. The molecule has 0 amide bonds. The van der Waals surface area contributed by atoms with Crippen LogP contribution in [0.1, 0.15) is 79.1 Å². The average molecular weight is 451 g/mol. The van der Waals surface area contributed by atoms with Gasteiger partial charge >= 0.3 is 5.97 Å². The first-order valence-corrected chi connectivity index (χ1v) is 13.0. The number of ketones is 2. The molecule has 0 N–H and O–H groups in total. The van der Waals surface area contributed by atoms with Gasteiger partial charge in [0, 0.05) is 23.2 Å². The molecule has 33 heavy (non-hydrogen) atoms. The topological polar surface area (TPSA) is 60.4 Å². The molecule has 0 bridgehead atoms. The molecule has 178 valence electrons. The van der Waals surface area contributed by atoms with Crippen molar-refractivity contribution in [2.45, 2.75) is 84.7 Å². The number of esters is 1. The lowest BCUT2D eigenvalue weighted by Gasteiger charge is -2.56. The zero-order valence-electron chi connectivity index (χ0n) is 20.6. The molecule has 0 heterocycles. The van der Waals surface area contributed by atoms with Crippen molar-refractivity contribution in [1.82, 2.24) is 0 Å². The van der Waals surface area contributed by atoms with Crippen molar-refractivity contribution in [2.75, 3.05) is 0 Å². The molecule has 0 spiro atoms. The summed E-state index contributed by atoms with van der Waals surface area (Å²) >= 11 is 0. The third kappa shape index (κ3) is 3.19. The number of hydrogen-bond acceptors (Lipinski definition) is 4. The highest BCUT2D eigenvalue weighted by Gasteiger charge is 2.70. The van der Waals surface area contributed by atoms with Gasteiger partial charge in [0.1, 0.15) is 0 Å². The van der Waals surface area contributed by atoms with Crippen LogP contribution in [-0.4, -0.2) is 23.1 Å². The zero-order chi connectivity index (χ0) is 23.6. The largest absolute Gasteiger partial charge is 0.450 e. The van der Waals surface area contributed by atoms with Gasteiger partial charge < -0.3 is 4.74 Å². The fraction of sp³-hybridized carbons (Fsp3) is 0.690. The van der Waals surface area contributed by atoms with Crippen LogP contribution in [0, 0.1) is 40.4 Å². The van der Waals surface area contributed by atoms with Crippen LogP contribution in [-0.2, 0) is 19.1 Å². The first-order chi connectivity index (χ1) is 15.6. The number of carbonyl (C=O) groups is 3. The van der Waals surface area contributed by atoms with Gasteiger partial charge in [0.2, 0.25) is 0 Å². The van der Waals surface area contributed by atoms with Crippen LogP contribution in [0.2, 0.25) is 0 Å². The second-order valence-electron chi connectivity index (χ2n) is 12.0. The van der Waals surface area contributed by atoms with Crippen LogP contribution < -0.4 is 0 Å². The van der Waals surface area contributed by atoms with Crippen molar-refractivity contribution in [3.8, 4) is 0 Å². The molecule has 4 nitrogen and oxygen atoms in total. The average Bonchev–Trinajstić information content (AvgIpc) is 3.34. The molecular weight excluding hydrogens is 412 g/mol. The Morgan fingerprint density at radius 1 is 1.09 bits per heavy atom. The van der Waals surface area contributed by atoms with Gasteiger partial charge in [0.05, 0.1) is 0 Å². The SMILES string of the molecule is CC(=O)[C@@]1(OC(=O)CC2CCCC2)[C@@H](C)C[C@H]2[C@@H]3C=CC4=CC(=O)C=C[C@]4(C)[C@H]3CC[C@@]21C. The summed E-state index contributed by atoms with van der Waals surface area (Å²) in [6.07, 6.45) is 17.7. The second-order valence-corrected chi connectivity index (χ2v) is 12.0. The molecule has 0 aliphatic heterocycles. The summed E-state index contributed by atoms with van der Waals surface area (Å²) in [4.78, 5) is 38.5. The van der Waals surface area contributed by atoms with E-state index in [1.54, 1.807) is 19.1 Å². The number of ether oxygens (including phenoxy) is 1. The molecule has 0 saturated heterocycles. The Bertz CT molecular complexity index is 966. The van der Waals surface area contributed by atoms with Crippen molar-refractivity contribution >= 4 is 17.5 Å². The van der Waals surface area contributed by atoms with Crippen molar-refractivity contribution in [3.63, 3.8) is 0 Å². The van der Waals surface area contributed by atoms with E-state index < -0.39 is 5.60 Å². The summed E-state index contributed by atoms with van der Waals surface area (Å²) in [5.41, 5.74) is -0.465. The molecule has 5 aliphatic rings. The van der Waals surface area contributed by atoms with E-state index in [1.807, 2.05) is 0 Å². The molecule has 4 heteroatoms. The maximum absolute atomic E-state index is 13.3. The molecule has 3 fully saturated rings. The third-order valence-corrected chi connectivity index (χ3v) is 10.4. The number of carbonyl (C=O) groups excluding carboxylic acids is 3. The Balaban J connectivity index is 1.48. The first kappa shape index (κ1) is 22.8. The Morgan fingerprint density at radius 2 is 1.82 bits per heavy atom. The Morgan fingerprint density at radius 3 is 2.52 bits per heavy atom. The van der Waals surface area contributed by atoms with E-state index in [0.29, 0.717) is 24.2 Å². The quantitative estimate of drug-likeness (QED) is 0.510. The van der Waals surface area contributed by atoms with Gasteiger partial charge in [-0.25, -0.2) is 0 Å². The monoisotopic (exact) mass is 450 g/mol. The van der Waals surface area contributed by atoms with E-state index in [2.05, 4.69) is 39.0 Å². The van der Waals surface area contributed by atoms with Crippen LogP contribution in [0.5, 0.6) is 0 Å². The van der Waals surface area contributed by atoms with Gasteiger partial charge in [-0.1, -0.05) is 51.8 Å². The van der Waals surface area contributed by atoms with Gasteiger partial charge in [0.15, 0.2) is 17.2 Å². The zero-order valence-corrected chi connectivity index (χ0v) is 20.6. The summed E-state index contributed by atoms with van der Waals surface area (Å²) in [5, 5.41) is 0. The van der Waals surface area contributed by atoms with E-state index in [4.69, 9.17) is 4.74 Å². The fourth-order valence-corrected chi connectivity index (χ4v) is 8.69. The van der Waals surface area contributed by atoms with Crippen LogP contribution in [0.3, 0.4) is 0 Å². The van der Waals surface area contributed by atoms with Gasteiger partial charge in [-0.15, -0.1) is 0 Å². The number of hydrogen-bond donors (Lipinski definition) is 0. The van der Waals surface area contributed by atoms with Gasteiger partial charge in [0.25, 0.3) is 0 Å².